The van der Waals surface area contributed by atoms with Crippen molar-refractivity contribution < 1.29 is 14.9 Å². The maximum absolute atomic E-state index is 9.74. The van der Waals surface area contributed by atoms with E-state index in [9.17, 15) is 5.11 Å². The van der Waals surface area contributed by atoms with Gasteiger partial charge in [-0.25, -0.2) is 0 Å². The van der Waals surface area contributed by atoms with Gasteiger partial charge in [0.15, 0.2) is 0 Å². The average Bonchev–Trinajstić information content (AvgIpc) is 2.25. The average molecular weight is 261 g/mol. The first-order valence-corrected chi connectivity index (χ1v) is 6.99. The molecular weight excluding hydrogens is 230 g/mol. The van der Waals surface area contributed by atoms with Crippen molar-refractivity contribution in [2.24, 2.45) is 5.92 Å². The lowest BCUT2D eigenvalue weighted by Gasteiger charge is -2.27. The monoisotopic (exact) mass is 261 g/mol. The van der Waals surface area contributed by atoms with Gasteiger partial charge in [-0.2, -0.15) is 0 Å². The number of β-amino-alcohol motifs (C(OH)–C–C–N with tert-alkyl or cyclic N) is 1. The van der Waals surface area contributed by atoms with Gasteiger partial charge in [0, 0.05) is 25.3 Å². The number of hydrogen-bond acceptors (Lipinski definition) is 4. The summed E-state index contributed by atoms with van der Waals surface area (Å²) in [4.78, 5) is 0. The highest BCUT2D eigenvalue weighted by atomic mass is 16.5. The molecule has 110 valence electrons. The second-order valence-electron chi connectivity index (χ2n) is 6.00. The van der Waals surface area contributed by atoms with Crippen LogP contribution in [0.15, 0.2) is 0 Å². The smallest absolute Gasteiger partial charge is 0.0897 e. The van der Waals surface area contributed by atoms with Crippen molar-refractivity contribution >= 4 is 0 Å². The van der Waals surface area contributed by atoms with Gasteiger partial charge in [0.2, 0.25) is 0 Å². The zero-order valence-corrected chi connectivity index (χ0v) is 12.4. The van der Waals surface area contributed by atoms with Gasteiger partial charge in [0.25, 0.3) is 0 Å². The van der Waals surface area contributed by atoms with Crippen LogP contribution in [-0.2, 0) is 4.74 Å². The molecule has 0 aliphatic rings. The lowest BCUT2D eigenvalue weighted by Crippen LogP contribution is -2.45. The quantitative estimate of drug-likeness (QED) is 0.494. The molecule has 0 rings (SSSR count). The van der Waals surface area contributed by atoms with E-state index in [1.54, 1.807) is 0 Å². The fraction of sp³-hybridized carbons (Fsp3) is 1.00. The molecular formula is C14H31NO3. The molecule has 1 unspecified atom stereocenters. The van der Waals surface area contributed by atoms with Gasteiger partial charge in [-0.1, -0.05) is 13.8 Å². The minimum atomic E-state index is -0.484. The van der Waals surface area contributed by atoms with Crippen LogP contribution in [-0.4, -0.2) is 48.2 Å². The third-order valence-corrected chi connectivity index (χ3v) is 2.93. The predicted octanol–water partition coefficient (Wildman–Crippen LogP) is 1.55. The molecule has 0 aromatic carbocycles. The number of nitrogens with one attached hydrogen (secondary N) is 1. The van der Waals surface area contributed by atoms with Crippen LogP contribution in [0.3, 0.4) is 0 Å². The van der Waals surface area contributed by atoms with Gasteiger partial charge in [-0.3, -0.25) is 0 Å². The van der Waals surface area contributed by atoms with Crippen LogP contribution in [0.25, 0.3) is 0 Å². The Labute approximate surface area is 112 Å². The van der Waals surface area contributed by atoms with E-state index in [0.29, 0.717) is 25.5 Å². The van der Waals surface area contributed by atoms with Crippen LogP contribution < -0.4 is 5.32 Å². The molecule has 4 nitrogen and oxygen atoms in total. The highest BCUT2D eigenvalue weighted by molar-refractivity contribution is 4.78. The summed E-state index contributed by atoms with van der Waals surface area (Å²) in [6.45, 7) is 10.2. The molecule has 0 aromatic rings. The highest BCUT2D eigenvalue weighted by Gasteiger charge is 2.17. The van der Waals surface area contributed by atoms with Crippen molar-refractivity contribution in [3.8, 4) is 0 Å². The Morgan fingerprint density at radius 3 is 2.50 bits per heavy atom. The maximum atomic E-state index is 9.74. The molecule has 0 saturated carbocycles. The first kappa shape index (κ1) is 17.8. The zero-order chi connectivity index (χ0) is 14.0. The van der Waals surface area contributed by atoms with E-state index in [0.717, 1.165) is 19.4 Å². The van der Waals surface area contributed by atoms with E-state index in [1.165, 1.54) is 0 Å². The molecule has 4 heteroatoms. The minimum absolute atomic E-state index is 0.145. The zero-order valence-electron chi connectivity index (χ0n) is 12.4. The number of ether oxygens (including phenoxy) is 1. The minimum Gasteiger partial charge on any atom is -0.396 e. The Balaban J connectivity index is 3.50. The number of aliphatic hydroxyl groups excluding tert-OH is 2. The topological polar surface area (TPSA) is 61.7 Å². The molecule has 0 aliphatic heterocycles. The highest BCUT2D eigenvalue weighted by Crippen LogP contribution is 2.07. The summed E-state index contributed by atoms with van der Waals surface area (Å²) in [5, 5.41) is 21.9. The fourth-order valence-corrected chi connectivity index (χ4v) is 1.63. The van der Waals surface area contributed by atoms with E-state index in [-0.39, 0.29) is 12.1 Å². The van der Waals surface area contributed by atoms with Gasteiger partial charge in [0.05, 0.1) is 12.7 Å². The number of aliphatic hydroxyl groups is 2. The van der Waals surface area contributed by atoms with Crippen LogP contribution in [0.4, 0.5) is 0 Å². The summed E-state index contributed by atoms with van der Waals surface area (Å²) in [6, 6.07) is 0. The Kier molecular flexibility index (Phi) is 9.64. The maximum Gasteiger partial charge on any atom is 0.0897 e. The molecule has 1 atom stereocenters. The van der Waals surface area contributed by atoms with Gasteiger partial charge >= 0.3 is 0 Å². The van der Waals surface area contributed by atoms with Crippen molar-refractivity contribution in [3.05, 3.63) is 0 Å². The summed E-state index contributed by atoms with van der Waals surface area (Å²) in [5.74, 6) is 0.708. The van der Waals surface area contributed by atoms with Gasteiger partial charge in [-0.05, 0) is 39.0 Å². The van der Waals surface area contributed by atoms with E-state index < -0.39 is 6.10 Å². The standard InChI is InChI=1S/C14H31NO3/c1-12(2)6-5-9-18-11-13(17)10-15-14(3,4)7-8-16/h12-13,15-17H,5-11H2,1-4H3. The molecule has 0 fully saturated rings. The van der Waals surface area contributed by atoms with Crippen LogP contribution in [0.5, 0.6) is 0 Å². The Bertz CT molecular complexity index is 195. The second-order valence-corrected chi connectivity index (χ2v) is 6.00. The van der Waals surface area contributed by atoms with Crippen molar-refractivity contribution in [2.75, 3.05) is 26.4 Å². The summed E-state index contributed by atoms with van der Waals surface area (Å²) >= 11 is 0. The summed E-state index contributed by atoms with van der Waals surface area (Å²) in [7, 11) is 0. The molecule has 0 spiro atoms. The molecule has 0 amide bonds. The third-order valence-electron chi connectivity index (χ3n) is 2.93. The molecule has 0 radical (unpaired) electrons. The second kappa shape index (κ2) is 9.73. The Morgan fingerprint density at radius 1 is 1.28 bits per heavy atom. The molecule has 0 aliphatic carbocycles. The predicted molar refractivity (Wildman–Crippen MR) is 74.7 cm³/mol. The Hall–Kier alpha value is -0.160. The summed E-state index contributed by atoms with van der Waals surface area (Å²) in [5.41, 5.74) is -0.145. The van der Waals surface area contributed by atoms with E-state index in [1.807, 2.05) is 13.8 Å². The van der Waals surface area contributed by atoms with Crippen LogP contribution in [0.2, 0.25) is 0 Å². The summed E-state index contributed by atoms with van der Waals surface area (Å²) in [6.07, 6.45) is 2.41. The largest absolute Gasteiger partial charge is 0.396 e. The van der Waals surface area contributed by atoms with Crippen molar-refractivity contribution in [2.45, 2.75) is 58.6 Å². The van der Waals surface area contributed by atoms with Crippen LogP contribution in [0, 0.1) is 5.92 Å². The lowest BCUT2D eigenvalue weighted by molar-refractivity contribution is 0.0306. The van der Waals surface area contributed by atoms with Crippen LogP contribution >= 0.6 is 0 Å². The van der Waals surface area contributed by atoms with Gasteiger partial charge in [-0.15, -0.1) is 0 Å². The number of hydrogen-bond donors (Lipinski definition) is 3. The van der Waals surface area contributed by atoms with Crippen molar-refractivity contribution in [3.63, 3.8) is 0 Å². The summed E-state index contributed by atoms with van der Waals surface area (Å²) < 4.78 is 5.43. The normalized spacial score (nSPS) is 14.2. The molecule has 18 heavy (non-hydrogen) atoms. The first-order chi connectivity index (χ1) is 8.37. The van der Waals surface area contributed by atoms with Crippen LogP contribution in [0.1, 0.15) is 47.0 Å². The molecule has 0 saturated heterocycles. The van der Waals surface area contributed by atoms with Crippen molar-refractivity contribution in [1.29, 1.82) is 0 Å². The Morgan fingerprint density at radius 2 is 1.94 bits per heavy atom. The SMILES string of the molecule is CC(C)CCCOCC(O)CNC(C)(C)CCO. The first-order valence-electron chi connectivity index (χ1n) is 6.99. The molecule has 3 N–H and O–H groups in total. The lowest BCUT2D eigenvalue weighted by atomic mass is 10.0. The fourth-order valence-electron chi connectivity index (χ4n) is 1.63. The molecule has 0 aromatic heterocycles. The van der Waals surface area contributed by atoms with Gasteiger partial charge in [0.1, 0.15) is 0 Å². The third kappa shape index (κ3) is 11.0. The number of rotatable bonds is 11. The van der Waals surface area contributed by atoms with E-state index in [4.69, 9.17) is 9.84 Å². The van der Waals surface area contributed by atoms with E-state index >= 15 is 0 Å². The molecule has 0 heterocycles. The van der Waals surface area contributed by atoms with Gasteiger partial charge < -0.3 is 20.3 Å². The van der Waals surface area contributed by atoms with E-state index in [2.05, 4.69) is 19.2 Å². The van der Waals surface area contributed by atoms with Crippen molar-refractivity contribution in [1.82, 2.24) is 5.32 Å². The molecule has 0 bridgehead atoms.